The van der Waals surface area contributed by atoms with Crippen LogP contribution in [-0.4, -0.2) is 82.9 Å². The summed E-state index contributed by atoms with van der Waals surface area (Å²) in [6.07, 6.45) is 1.71. The first-order chi connectivity index (χ1) is 16.3. The van der Waals surface area contributed by atoms with Crippen molar-refractivity contribution < 1.29 is 21.6 Å². The molecule has 184 valence electrons. The highest BCUT2D eigenvalue weighted by atomic mass is 32.2. The van der Waals surface area contributed by atoms with Crippen molar-refractivity contribution in [1.82, 2.24) is 13.9 Å². The van der Waals surface area contributed by atoms with E-state index >= 15 is 0 Å². The first kappa shape index (κ1) is 24.6. The van der Waals surface area contributed by atoms with E-state index in [0.29, 0.717) is 39.3 Å². The maximum absolute atomic E-state index is 12.7. The molecule has 2 heterocycles. The summed E-state index contributed by atoms with van der Waals surface area (Å²) in [5, 5.41) is 2.63. The third-order valence-electron chi connectivity index (χ3n) is 6.22. The van der Waals surface area contributed by atoms with Crippen LogP contribution in [0.3, 0.4) is 0 Å². The number of para-hydroxylation sites is 1. The Labute approximate surface area is 201 Å². The number of carbonyl (C=O) groups excluding carboxylic acids is 1. The largest absolute Gasteiger partial charge is 0.369 e. The molecule has 0 saturated carbocycles. The van der Waals surface area contributed by atoms with E-state index in [9.17, 15) is 21.6 Å². The molecule has 0 spiro atoms. The van der Waals surface area contributed by atoms with Gasteiger partial charge in [0.1, 0.15) is 0 Å². The summed E-state index contributed by atoms with van der Waals surface area (Å²) in [4.78, 5) is 14.7. The van der Waals surface area contributed by atoms with Crippen LogP contribution in [0.2, 0.25) is 0 Å². The van der Waals surface area contributed by atoms with Crippen molar-refractivity contribution in [3.63, 3.8) is 0 Å². The van der Waals surface area contributed by atoms with E-state index in [1.807, 2.05) is 30.3 Å². The number of anilines is 1. The Balaban J connectivity index is 1.26. The molecule has 34 heavy (non-hydrogen) atoms. The third-order valence-corrected chi connectivity index (χ3v) is 10.0. The fourth-order valence-electron chi connectivity index (χ4n) is 4.24. The van der Waals surface area contributed by atoms with E-state index in [-0.39, 0.29) is 22.8 Å². The number of carbonyl (C=O) groups is 1. The molecule has 2 aromatic carbocycles. The molecule has 1 amide bonds. The average molecular weight is 507 g/mol. The van der Waals surface area contributed by atoms with Crippen LogP contribution < -0.4 is 10.2 Å². The van der Waals surface area contributed by atoms with Crippen LogP contribution in [0.5, 0.6) is 0 Å². The number of nitrogens with zero attached hydrogens (tertiary/aromatic N) is 3. The quantitative estimate of drug-likeness (QED) is 0.579. The molecule has 0 atom stereocenters. The molecule has 0 unspecified atom stereocenters. The van der Waals surface area contributed by atoms with Crippen molar-refractivity contribution >= 4 is 31.6 Å². The van der Waals surface area contributed by atoms with Crippen LogP contribution in [0, 0.1) is 0 Å². The van der Waals surface area contributed by atoms with E-state index < -0.39 is 26.0 Å². The molecule has 2 fully saturated rings. The minimum atomic E-state index is -3.54. The summed E-state index contributed by atoms with van der Waals surface area (Å²) >= 11 is 0. The minimum Gasteiger partial charge on any atom is -0.369 e. The number of rotatable bonds is 8. The lowest BCUT2D eigenvalue weighted by molar-refractivity contribution is 0.0956. The van der Waals surface area contributed by atoms with Crippen molar-refractivity contribution in [2.45, 2.75) is 17.7 Å². The highest BCUT2D eigenvalue weighted by molar-refractivity contribution is 7.89. The van der Waals surface area contributed by atoms with Crippen LogP contribution in [0.25, 0.3) is 0 Å². The summed E-state index contributed by atoms with van der Waals surface area (Å²) in [6.45, 7) is 3.04. The predicted molar refractivity (Wildman–Crippen MR) is 131 cm³/mol. The van der Waals surface area contributed by atoms with Crippen molar-refractivity contribution in [1.29, 1.82) is 0 Å². The lowest BCUT2D eigenvalue weighted by Gasteiger charge is -2.35. The highest BCUT2D eigenvalue weighted by Gasteiger charge is 2.28. The maximum atomic E-state index is 12.7. The van der Waals surface area contributed by atoms with Gasteiger partial charge in [-0.3, -0.25) is 4.79 Å². The van der Waals surface area contributed by atoms with Gasteiger partial charge in [0.2, 0.25) is 20.0 Å². The van der Waals surface area contributed by atoms with Crippen LogP contribution >= 0.6 is 0 Å². The zero-order chi connectivity index (χ0) is 24.2. The second-order valence-corrected chi connectivity index (χ2v) is 12.5. The van der Waals surface area contributed by atoms with Gasteiger partial charge in [-0.15, -0.1) is 0 Å². The minimum absolute atomic E-state index is 0.0199. The normalized spacial score (nSPS) is 18.2. The number of benzene rings is 2. The Kier molecular flexibility index (Phi) is 7.56. The first-order valence-corrected chi connectivity index (χ1v) is 14.5. The van der Waals surface area contributed by atoms with E-state index in [1.165, 1.54) is 32.9 Å². The van der Waals surface area contributed by atoms with Crippen molar-refractivity contribution in [2.24, 2.45) is 0 Å². The molecule has 2 saturated heterocycles. The molecule has 2 aliphatic heterocycles. The Morgan fingerprint density at radius 3 is 2.00 bits per heavy atom. The number of amides is 1. The van der Waals surface area contributed by atoms with Gasteiger partial charge in [-0.2, -0.15) is 8.61 Å². The Morgan fingerprint density at radius 1 is 0.765 bits per heavy atom. The van der Waals surface area contributed by atoms with E-state index in [2.05, 4.69) is 10.2 Å². The van der Waals surface area contributed by atoms with Crippen molar-refractivity contribution in [3.8, 4) is 0 Å². The van der Waals surface area contributed by atoms with Gasteiger partial charge in [0, 0.05) is 57.1 Å². The standard InChI is InChI=1S/C23H30N4O5S2/c28-23(20-8-10-22(11-9-20)34(31,32)27-13-4-5-14-27)24-12-19-33(29,30)26-17-15-25(16-18-26)21-6-2-1-3-7-21/h1-3,6-11H,4-5,12-19H2,(H,24,28). The number of hydrogen-bond acceptors (Lipinski definition) is 6. The van der Waals surface area contributed by atoms with Gasteiger partial charge in [-0.1, -0.05) is 18.2 Å². The van der Waals surface area contributed by atoms with Gasteiger partial charge in [0.25, 0.3) is 5.91 Å². The van der Waals surface area contributed by atoms with Gasteiger partial charge in [0.05, 0.1) is 10.6 Å². The van der Waals surface area contributed by atoms with Gasteiger partial charge >= 0.3 is 0 Å². The van der Waals surface area contributed by atoms with E-state index in [0.717, 1.165) is 18.5 Å². The maximum Gasteiger partial charge on any atom is 0.251 e. The molecule has 0 radical (unpaired) electrons. The molecule has 0 aromatic heterocycles. The predicted octanol–water partition coefficient (Wildman–Crippen LogP) is 1.35. The van der Waals surface area contributed by atoms with Crippen LogP contribution in [0.15, 0.2) is 59.5 Å². The summed E-state index contributed by atoms with van der Waals surface area (Å²) in [5.41, 5.74) is 1.36. The van der Waals surface area contributed by atoms with Gasteiger partial charge in [0.15, 0.2) is 0 Å². The lowest BCUT2D eigenvalue weighted by atomic mass is 10.2. The second kappa shape index (κ2) is 10.4. The molecule has 0 aliphatic carbocycles. The SMILES string of the molecule is O=C(NCCS(=O)(=O)N1CCN(c2ccccc2)CC1)c1ccc(S(=O)(=O)N2CCCC2)cc1. The summed E-state index contributed by atoms with van der Waals surface area (Å²) in [7, 11) is -7.03. The molecule has 2 aliphatic rings. The topological polar surface area (TPSA) is 107 Å². The number of hydrogen-bond donors (Lipinski definition) is 1. The fraction of sp³-hybridized carbons (Fsp3) is 0.435. The molecular weight excluding hydrogens is 476 g/mol. The fourth-order valence-corrected chi connectivity index (χ4v) is 7.10. The van der Waals surface area contributed by atoms with Gasteiger partial charge in [-0.25, -0.2) is 16.8 Å². The number of piperazine rings is 1. The summed E-state index contributed by atoms with van der Waals surface area (Å²) < 4.78 is 53.5. The number of sulfonamides is 2. The molecule has 9 nitrogen and oxygen atoms in total. The summed E-state index contributed by atoms with van der Waals surface area (Å²) in [6, 6.07) is 15.6. The molecule has 4 rings (SSSR count). The van der Waals surface area contributed by atoms with E-state index in [1.54, 1.807) is 0 Å². The smallest absolute Gasteiger partial charge is 0.251 e. The molecule has 0 bridgehead atoms. The molecular formula is C23H30N4O5S2. The van der Waals surface area contributed by atoms with Gasteiger partial charge in [-0.05, 0) is 49.2 Å². The van der Waals surface area contributed by atoms with Crippen LogP contribution in [-0.2, 0) is 20.0 Å². The lowest BCUT2D eigenvalue weighted by Crippen LogP contribution is -2.50. The third kappa shape index (κ3) is 5.60. The Hall–Kier alpha value is -2.47. The molecule has 2 aromatic rings. The second-order valence-electron chi connectivity index (χ2n) is 8.43. The average Bonchev–Trinajstić information content (AvgIpc) is 3.41. The van der Waals surface area contributed by atoms with Gasteiger partial charge < -0.3 is 10.2 Å². The van der Waals surface area contributed by atoms with E-state index in [4.69, 9.17) is 0 Å². The zero-order valence-corrected chi connectivity index (χ0v) is 20.6. The van der Waals surface area contributed by atoms with Crippen molar-refractivity contribution in [3.05, 3.63) is 60.2 Å². The molecule has 11 heteroatoms. The highest BCUT2D eigenvalue weighted by Crippen LogP contribution is 2.21. The van der Waals surface area contributed by atoms with Crippen LogP contribution in [0.1, 0.15) is 23.2 Å². The summed E-state index contributed by atoms with van der Waals surface area (Å²) in [5.74, 6) is -0.625. The monoisotopic (exact) mass is 506 g/mol. The first-order valence-electron chi connectivity index (χ1n) is 11.4. The van der Waals surface area contributed by atoms with Crippen molar-refractivity contribution in [2.75, 3.05) is 56.5 Å². The molecule has 1 N–H and O–H groups in total. The Morgan fingerprint density at radius 2 is 1.38 bits per heavy atom. The zero-order valence-electron chi connectivity index (χ0n) is 19.0. The Bertz CT molecular complexity index is 1190. The number of nitrogens with one attached hydrogen (secondary N) is 1. The van der Waals surface area contributed by atoms with Crippen LogP contribution in [0.4, 0.5) is 5.69 Å².